The Morgan fingerprint density at radius 2 is 1.75 bits per heavy atom. The standard InChI is InChI=1S/C16H17NO3/c18-15-7-11-6-13(17-9-12(11)8-16(15)19)10-20-14-4-2-1-3-5-14/h1-5,7-8,13,17-19H,6,9-10H2. The van der Waals surface area contributed by atoms with Gasteiger partial charge in [0.15, 0.2) is 11.5 Å². The van der Waals surface area contributed by atoms with Crippen LogP contribution in [0.3, 0.4) is 0 Å². The van der Waals surface area contributed by atoms with Crippen LogP contribution in [0.25, 0.3) is 0 Å². The minimum Gasteiger partial charge on any atom is -0.504 e. The molecule has 1 heterocycles. The van der Waals surface area contributed by atoms with Gasteiger partial charge in [-0.2, -0.15) is 0 Å². The fraction of sp³-hybridized carbons (Fsp3) is 0.250. The molecule has 0 bridgehead atoms. The topological polar surface area (TPSA) is 61.7 Å². The second-order valence-corrected chi connectivity index (χ2v) is 5.02. The van der Waals surface area contributed by atoms with Crippen molar-refractivity contribution in [1.82, 2.24) is 5.32 Å². The second kappa shape index (κ2) is 5.43. The van der Waals surface area contributed by atoms with Crippen LogP contribution in [0.4, 0.5) is 0 Å². The van der Waals surface area contributed by atoms with Crippen molar-refractivity contribution in [2.24, 2.45) is 0 Å². The summed E-state index contributed by atoms with van der Waals surface area (Å²) in [4.78, 5) is 0. The summed E-state index contributed by atoms with van der Waals surface area (Å²) in [6, 6.07) is 13.2. The lowest BCUT2D eigenvalue weighted by atomic mass is 9.95. The summed E-state index contributed by atoms with van der Waals surface area (Å²) in [5.74, 6) is 0.728. The third-order valence-electron chi connectivity index (χ3n) is 3.54. The average Bonchev–Trinajstić information content (AvgIpc) is 2.47. The largest absolute Gasteiger partial charge is 0.504 e. The highest BCUT2D eigenvalue weighted by atomic mass is 16.5. The van der Waals surface area contributed by atoms with Crippen molar-refractivity contribution >= 4 is 0 Å². The molecule has 1 unspecified atom stereocenters. The summed E-state index contributed by atoms with van der Waals surface area (Å²) in [6.07, 6.45) is 0.774. The molecule has 0 spiro atoms. The van der Waals surface area contributed by atoms with E-state index < -0.39 is 0 Å². The lowest BCUT2D eigenvalue weighted by Crippen LogP contribution is -2.39. The average molecular weight is 271 g/mol. The van der Waals surface area contributed by atoms with Gasteiger partial charge in [0.05, 0.1) is 0 Å². The van der Waals surface area contributed by atoms with Gasteiger partial charge in [0, 0.05) is 12.6 Å². The first-order valence-corrected chi connectivity index (χ1v) is 6.67. The van der Waals surface area contributed by atoms with Crippen LogP contribution in [0, 0.1) is 0 Å². The highest BCUT2D eigenvalue weighted by molar-refractivity contribution is 5.46. The molecule has 1 aliphatic heterocycles. The molecular formula is C16H17NO3. The molecule has 0 saturated carbocycles. The van der Waals surface area contributed by atoms with Crippen LogP contribution in [0.2, 0.25) is 0 Å². The molecule has 0 amide bonds. The van der Waals surface area contributed by atoms with E-state index in [0.29, 0.717) is 13.2 Å². The van der Waals surface area contributed by atoms with E-state index in [1.165, 1.54) is 0 Å². The molecular weight excluding hydrogens is 254 g/mol. The van der Waals surface area contributed by atoms with Crippen LogP contribution in [-0.4, -0.2) is 22.9 Å². The number of fused-ring (bicyclic) bond motifs is 1. The Morgan fingerprint density at radius 3 is 2.50 bits per heavy atom. The number of nitrogens with one attached hydrogen (secondary N) is 1. The Hall–Kier alpha value is -2.20. The van der Waals surface area contributed by atoms with E-state index in [4.69, 9.17) is 4.74 Å². The number of para-hydroxylation sites is 1. The maximum atomic E-state index is 9.57. The minimum absolute atomic E-state index is 0.0617. The second-order valence-electron chi connectivity index (χ2n) is 5.02. The van der Waals surface area contributed by atoms with Crippen molar-refractivity contribution in [3.8, 4) is 17.2 Å². The molecule has 20 heavy (non-hydrogen) atoms. The summed E-state index contributed by atoms with van der Waals surface area (Å²) in [5, 5.41) is 22.4. The molecule has 0 radical (unpaired) electrons. The number of phenolic OH excluding ortho intramolecular Hbond substituents is 2. The number of aromatic hydroxyl groups is 2. The zero-order chi connectivity index (χ0) is 13.9. The van der Waals surface area contributed by atoms with Gasteiger partial charge in [-0.3, -0.25) is 0 Å². The van der Waals surface area contributed by atoms with E-state index in [1.54, 1.807) is 12.1 Å². The third kappa shape index (κ3) is 2.70. The van der Waals surface area contributed by atoms with E-state index in [0.717, 1.165) is 23.3 Å². The SMILES string of the molecule is Oc1cc2c(cc1O)CC(COc1ccccc1)NC2. The lowest BCUT2D eigenvalue weighted by molar-refractivity contribution is 0.256. The van der Waals surface area contributed by atoms with Gasteiger partial charge >= 0.3 is 0 Å². The van der Waals surface area contributed by atoms with Gasteiger partial charge in [-0.05, 0) is 41.8 Å². The number of hydrogen-bond acceptors (Lipinski definition) is 4. The van der Waals surface area contributed by atoms with Crippen molar-refractivity contribution in [2.45, 2.75) is 19.0 Å². The van der Waals surface area contributed by atoms with Crippen LogP contribution >= 0.6 is 0 Å². The first-order chi connectivity index (χ1) is 9.72. The van der Waals surface area contributed by atoms with Gasteiger partial charge in [0.1, 0.15) is 12.4 Å². The molecule has 0 aromatic heterocycles. The molecule has 1 atom stereocenters. The number of rotatable bonds is 3. The quantitative estimate of drug-likeness (QED) is 0.749. The van der Waals surface area contributed by atoms with Crippen molar-refractivity contribution in [3.05, 3.63) is 53.6 Å². The minimum atomic E-state index is -0.0652. The number of hydrogen-bond donors (Lipinski definition) is 3. The Labute approximate surface area is 117 Å². The molecule has 4 nitrogen and oxygen atoms in total. The third-order valence-corrected chi connectivity index (χ3v) is 3.54. The molecule has 1 aliphatic rings. The summed E-state index contributed by atoms with van der Waals surface area (Å²) in [7, 11) is 0. The summed E-state index contributed by atoms with van der Waals surface area (Å²) < 4.78 is 5.74. The predicted molar refractivity (Wildman–Crippen MR) is 76.0 cm³/mol. The van der Waals surface area contributed by atoms with Crippen molar-refractivity contribution < 1.29 is 14.9 Å². The van der Waals surface area contributed by atoms with E-state index >= 15 is 0 Å². The van der Waals surface area contributed by atoms with E-state index in [2.05, 4.69) is 5.32 Å². The van der Waals surface area contributed by atoms with Gasteiger partial charge in [-0.15, -0.1) is 0 Å². The van der Waals surface area contributed by atoms with E-state index in [-0.39, 0.29) is 17.5 Å². The normalized spacial score (nSPS) is 17.5. The maximum Gasteiger partial charge on any atom is 0.157 e. The van der Waals surface area contributed by atoms with Gasteiger partial charge < -0.3 is 20.3 Å². The Morgan fingerprint density at radius 1 is 1.05 bits per heavy atom. The summed E-state index contributed by atoms with van der Waals surface area (Å²) in [5.41, 5.74) is 2.08. The fourth-order valence-electron chi connectivity index (χ4n) is 2.44. The molecule has 0 saturated heterocycles. The predicted octanol–water partition coefficient (Wildman–Crippen LogP) is 2.19. The van der Waals surface area contributed by atoms with E-state index in [9.17, 15) is 10.2 Å². The Kier molecular flexibility index (Phi) is 3.48. The fourth-order valence-corrected chi connectivity index (χ4v) is 2.44. The number of benzene rings is 2. The lowest BCUT2D eigenvalue weighted by Gasteiger charge is -2.26. The molecule has 3 rings (SSSR count). The number of ether oxygens (including phenoxy) is 1. The molecule has 104 valence electrons. The van der Waals surface area contributed by atoms with Gasteiger partial charge in [0.25, 0.3) is 0 Å². The van der Waals surface area contributed by atoms with Gasteiger partial charge in [-0.1, -0.05) is 18.2 Å². The molecule has 0 aliphatic carbocycles. The smallest absolute Gasteiger partial charge is 0.157 e. The monoisotopic (exact) mass is 271 g/mol. The summed E-state index contributed by atoms with van der Waals surface area (Å²) in [6.45, 7) is 1.25. The van der Waals surface area contributed by atoms with Crippen LogP contribution in [0.5, 0.6) is 17.2 Å². The Balaban J connectivity index is 1.65. The highest BCUT2D eigenvalue weighted by Gasteiger charge is 2.20. The number of phenols is 2. The first-order valence-electron chi connectivity index (χ1n) is 6.67. The van der Waals surface area contributed by atoms with Crippen molar-refractivity contribution in [2.75, 3.05) is 6.61 Å². The zero-order valence-electron chi connectivity index (χ0n) is 11.0. The first kappa shape index (κ1) is 12.8. The van der Waals surface area contributed by atoms with Crippen LogP contribution in [0.1, 0.15) is 11.1 Å². The van der Waals surface area contributed by atoms with Crippen molar-refractivity contribution in [1.29, 1.82) is 0 Å². The summed E-state index contributed by atoms with van der Waals surface area (Å²) >= 11 is 0. The molecule has 2 aromatic carbocycles. The highest BCUT2D eigenvalue weighted by Crippen LogP contribution is 2.30. The van der Waals surface area contributed by atoms with Gasteiger partial charge in [-0.25, -0.2) is 0 Å². The molecule has 4 heteroatoms. The maximum absolute atomic E-state index is 9.57. The molecule has 2 aromatic rings. The van der Waals surface area contributed by atoms with Crippen molar-refractivity contribution in [3.63, 3.8) is 0 Å². The Bertz CT molecular complexity index is 598. The van der Waals surface area contributed by atoms with Crippen LogP contribution < -0.4 is 10.1 Å². The zero-order valence-corrected chi connectivity index (χ0v) is 11.0. The van der Waals surface area contributed by atoms with Crippen LogP contribution in [0.15, 0.2) is 42.5 Å². The van der Waals surface area contributed by atoms with E-state index in [1.807, 2.05) is 30.3 Å². The van der Waals surface area contributed by atoms with Gasteiger partial charge in [0.2, 0.25) is 0 Å². The molecule has 3 N–H and O–H groups in total. The molecule has 0 fully saturated rings. The van der Waals surface area contributed by atoms with Crippen LogP contribution in [-0.2, 0) is 13.0 Å².